The van der Waals surface area contributed by atoms with Gasteiger partial charge in [0, 0.05) is 10.9 Å². The lowest BCUT2D eigenvalue weighted by Gasteiger charge is -2.05. The van der Waals surface area contributed by atoms with Crippen LogP contribution in [0.4, 0.5) is 0 Å². The zero-order valence-electron chi connectivity index (χ0n) is 12.8. The van der Waals surface area contributed by atoms with Gasteiger partial charge < -0.3 is 10.2 Å². The molecule has 1 aromatic heterocycles. The molecule has 3 heteroatoms. The summed E-state index contributed by atoms with van der Waals surface area (Å²) < 4.78 is 0. The lowest BCUT2D eigenvalue weighted by molar-refractivity contribution is 0.475. The molecule has 4 aromatic rings. The number of fused-ring (bicyclic) bond motifs is 2. The number of phenols is 2. The summed E-state index contributed by atoms with van der Waals surface area (Å²) >= 11 is 0. The highest BCUT2D eigenvalue weighted by Crippen LogP contribution is 2.29. The smallest absolute Gasteiger partial charge is 0.141 e. The van der Waals surface area contributed by atoms with E-state index in [1.54, 1.807) is 18.2 Å². The summed E-state index contributed by atoms with van der Waals surface area (Å²) in [5.41, 5.74) is 2.05. The van der Waals surface area contributed by atoms with Crippen molar-refractivity contribution in [2.24, 2.45) is 0 Å². The van der Waals surface area contributed by atoms with Crippen molar-refractivity contribution in [1.82, 2.24) is 4.98 Å². The summed E-state index contributed by atoms with van der Waals surface area (Å²) in [6.45, 7) is 0. The first-order valence-electron chi connectivity index (χ1n) is 7.70. The van der Waals surface area contributed by atoms with Crippen LogP contribution in [0.25, 0.3) is 33.8 Å². The van der Waals surface area contributed by atoms with Crippen LogP contribution in [-0.4, -0.2) is 15.2 Å². The van der Waals surface area contributed by atoms with Crippen molar-refractivity contribution in [2.75, 3.05) is 0 Å². The molecule has 0 unspecified atom stereocenters. The first kappa shape index (κ1) is 14.3. The molecule has 116 valence electrons. The van der Waals surface area contributed by atoms with Crippen LogP contribution in [0.2, 0.25) is 0 Å². The number of hydrogen-bond acceptors (Lipinski definition) is 3. The molecule has 0 saturated heterocycles. The van der Waals surface area contributed by atoms with Gasteiger partial charge in [-0.1, -0.05) is 48.5 Å². The first-order chi connectivity index (χ1) is 11.7. The zero-order valence-corrected chi connectivity index (χ0v) is 12.8. The highest BCUT2D eigenvalue weighted by Gasteiger charge is 2.04. The Morgan fingerprint density at radius 1 is 0.667 bits per heavy atom. The van der Waals surface area contributed by atoms with Crippen LogP contribution < -0.4 is 0 Å². The third-order valence-electron chi connectivity index (χ3n) is 4.09. The molecule has 4 rings (SSSR count). The molecule has 3 nitrogen and oxygen atoms in total. The third-order valence-corrected chi connectivity index (χ3v) is 4.09. The molecule has 0 atom stereocenters. The molecule has 0 aliphatic carbocycles. The fourth-order valence-corrected chi connectivity index (χ4v) is 2.87. The Morgan fingerprint density at radius 3 is 2.38 bits per heavy atom. The van der Waals surface area contributed by atoms with Gasteiger partial charge in [0.2, 0.25) is 0 Å². The summed E-state index contributed by atoms with van der Waals surface area (Å²) in [5, 5.41) is 23.1. The minimum atomic E-state index is 0.163. The Balaban J connectivity index is 1.81. The van der Waals surface area contributed by atoms with Crippen LogP contribution in [-0.2, 0) is 0 Å². The van der Waals surface area contributed by atoms with E-state index in [1.165, 1.54) is 0 Å². The van der Waals surface area contributed by atoms with Crippen molar-refractivity contribution >= 4 is 33.8 Å². The third kappa shape index (κ3) is 2.46. The summed E-state index contributed by atoms with van der Waals surface area (Å²) in [5.74, 6) is 0.393. The van der Waals surface area contributed by atoms with Crippen LogP contribution in [0.1, 0.15) is 11.3 Å². The van der Waals surface area contributed by atoms with E-state index in [1.807, 2.05) is 60.7 Å². The van der Waals surface area contributed by atoms with Crippen LogP contribution in [0.5, 0.6) is 11.5 Å². The van der Waals surface area contributed by atoms with Crippen LogP contribution in [0, 0.1) is 0 Å². The molecule has 24 heavy (non-hydrogen) atoms. The summed E-state index contributed by atoms with van der Waals surface area (Å²) in [6, 6.07) is 20.6. The van der Waals surface area contributed by atoms with Crippen molar-refractivity contribution in [3.63, 3.8) is 0 Å². The second kappa shape index (κ2) is 5.70. The predicted molar refractivity (Wildman–Crippen MR) is 97.9 cm³/mol. The van der Waals surface area contributed by atoms with E-state index in [9.17, 15) is 10.2 Å². The molecule has 1 heterocycles. The first-order valence-corrected chi connectivity index (χ1v) is 7.70. The molecule has 0 saturated carbocycles. The summed E-state index contributed by atoms with van der Waals surface area (Å²) in [4.78, 5) is 4.48. The van der Waals surface area contributed by atoms with Crippen molar-refractivity contribution in [1.29, 1.82) is 0 Å². The van der Waals surface area contributed by atoms with Gasteiger partial charge >= 0.3 is 0 Å². The minimum Gasteiger partial charge on any atom is -0.507 e. The van der Waals surface area contributed by atoms with E-state index in [-0.39, 0.29) is 11.5 Å². The largest absolute Gasteiger partial charge is 0.507 e. The average Bonchev–Trinajstić information content (AvgIpc) is 2.61. The molecule has 2 N–H and O–H groups in total. The highest BCUT2D eigenvalue weighted by atomic mass is 16.3. The standard InChI is InChI=1S/C21H15NO2/c23-19-13-9-14-4-1-2-6-17(14)18(19)12-11-16-10-8-15-5-3-7-20(24)21(15)22-16/h1-13,23-24H. The van der Waals surface area contributed by atoms with E-state index in [0.29, 0.717) is 5.52 Å². The van der Waals surface area contributed by atoms with Crippen molar-refractivity contribution in [3.05, 3.63) is 78.0 Å². The molecular weight excluding hydrogens is 298 g/mol. The van der Waals surface area contributed by atoms with E-state index in [4.69, 9.17) is 0 Å². The molecule has 0 amide bonds. The van der Waals surface area contributed by atoms with Gasteiger partial charge in [-0.05, 0) is 41.1 Å². The minimum absolute atomic E-state index is 0.163. The van der Waals surface area contributed by atoms with E-state index < -0.39 is 0 Å². The SMILES string of the molecule is Oc1ccc2ccccc2c1C=Cc1ccc2cccc(O)c2n1. The van der Waals surface area contributed by atoms with Gasteiger partial charge in [0.15, 0.2) is 0 Å². The number of para-hydroxylation sites is 1. The molecule has 0 spiro atoms. The molecule has 0 fully saturated rings. The fourth-order valence-electron chi connectivity index (χ4n) is 2.87. The molecule has 0 bridgehead atoms. The molecule has 0 aliphatic rings. The van der Waals surface area contributed by atoms with Gasteiger partial charge in [-0.25, -0.2) is 4.98 Å². The normalized spacial score (nSPS) is 11.5. The maximum atomic E-state index is 10.2. The fraction of sp³-hybridized carbons (Fsp3) is 0. The molecular formula is C21H15NO2. The van der Waals surface area contributed by atoms with Crippen molar-refractivity contribution < 1.29 is 10.2 Å². The Morgan fingerprint density at radius 2 is 1.46 bits per heavy atom. The molecule has 3 aromatic carbocycles. The number of benzene rings is 3. The number of aromatic hydroxyl groups is 2. The van der Waals surface area contributed by atoms with Gasteiger partial charge in [-0.2, -0.15) is 0 Å². The van der Waals surface area contributed by atoms with Crippen LogP contribution in [0.15, 0.2) is 66.7 Å². The Kier molecular flexibility index (Phi) is 3.39. The van der Waals surface area contributed by atoms with Crippen molar-refractivity contribution in [3.8, 4) is 11.5 Å². The maximum Gasteiger partial charge on any atom is 0.141 e. The zero-order chi connectivity index (χ0) is 16.5. The quantitative estimate of drug-likeness (QED) is 0.549. The van der Waals surface area contributed by atoms with Gasteiger partial charge in [-0.15, -0.1) is 0 Å². The Bertz CT molecular complexity index is 1080. The number of aromatic nitrogens is 1. The van der Waals surface area contributed by atoms with E-state index >= 15 is 0 Å². The van der Waals surface area contributed by atoms with Gasteiger partial charge in [0.25, 0.3) is 0 Å². The molecule has 0 radical (unpaired) electrons. The number of nitrogens with zero attached hydrogens (tertiary/aromatic N) is 1. The second-order valence-electron chi connectivity index (χ2n) is 5.64. The van der Waals surface area contributed by atoms with Gasteiger partial charge in [-0.3, -0.25) is 0 Å². The van der Waals surface area contributed by atoms with Gasteiger partial charge in [0.05, 0.1) is 5.69 Å². The average molecular weight is 313 g/mol. The lowest BCUT2D eigenvalue weighted by atomic mass is 10.0. The van der Waals surface area contributed by atoms with Crippen molar-refractivity contribution in [2.45, 2.75) is 0 Å². The van der Waals surface area contributed by atoms with Crippen LogP contribution >= 0.6 is 0 Å². The number of phenolic OH excluding ortho intramolecular Hbond substituents is 2. The topological polar surface area (TPSA) is 53.4 Å². The maximum absolute atomic E-state index is 10.2. The predicted octanol–water partition coefficient (Wildman–Crippen LogP) is 4.97. The number of hydrogen-bond donors (Lipinski definition) is 2. The lowest BCUT2D eigenvalue weighted by Crippen LogP contribution is -1.84. The number of rotatable bonds is 2. The van der Waals surface area contributed by atoms with Crippen LogP contribution in [0.3, 0.4) is 0 Å². The number of pyridine rings is 1. The monoisotopic (exact) mass is 313 g/mol. The van der Waals surface area contributed by atoms with E-state index in [2.05, 4.69) is 4.98 Å². The summed E-state index contributed by atoms with van der Waals surface area (Å²) in [6.07, 6.45) is 3.69. The highest BCUT2D eigenvalue weighted by molar-refractivity contribution is 5.95. The van der Waals surface area contributed by atoms with Gasteiger partial charge in [0.1, 0.15) is 17.0 Å². The second-order valence-corrected chi connectivity index (χ2v) is 5.64. The van der Waals surface area contributed by atoms with E-state index in [0.717, 1.165) is 27.4 Å². The Labute approximate surface area is 139 Å². The summed E-state index contributed by atoms with van der Waals surface area (Å²) in [7, 11) is 0. The molecule has 0 aliphatic heterocycles. The Hall–Kier alpha value is -3.33.